The van der Waals surface area contributed by atoms with Crippen LogP contribution < -0.4 is 33.4 Å². The number of halogens is 1. The number of fused-ring (bicyclic) bond motifs is 2. The van der Waals surface area contributed by atoms with Crippen molar-refractivity contribution in [3.63, 3.8) is 0 Å². The molecule has 0 atom stereocenters. The molecule has 0 saturated heterocycles. The van der Waals surface area contributed by atoms with Gasteiger partial charge in [0.05, 0.1) is 10.7 Å². The normalized spacial score (nSPS) is 14.7. The quantitative estimate of drug-likeness (QED) is 0.426. The lowest BCUT2D eigenvalue weighted by Gasteiger charge is -2.17. The van der Waals surface area contributed by atoms with Gasteiger partial charge in [-0.1, -0.05) is 35.5 Å². The first-order valence-corrected chi connectivity index (χ1v) is 9.14. The molecule has 0 spiro atoms. The van der Waals surface area contributed by atoms with Crippen LogP contribution in [0.25, 0.3) is 17.0 Å². The van der Waals surface area contributed by atoms with E-state index in [9.17, 15) is 0 Å². The summed E-state index contributed by atoms with van der Waals surface area (Å²) in [6.07, 6.45) is 2.30. The fourth-order valence-corrected chi connectivity index (χ4v) is 4.47. The number of nitrogens with zero attached hydrogens (tertiary/aromatic N) is 2. The fourth-order valence-electron chi connectivity index (χ4n) is 3.30. The van der Waals surface area contributed by atoms with E-state index in [1.54, 1.807) is 0 Å². The van der Waals surface area contributed by atoms with Gasteiger partial charge in [0.15, 0.2) is 0 Å². The van der Waals surface area contributed by atoms with Crippen LogP contribution in [0.5, 0.6) is 0 Å². The molecule has 25 heavy (non-hydrogen) atoms. The van der Waals surface area contributed by atoms with Gasteiger partial charge in [0.25, 0.3) is 0 Å². The number of hydrogen-bond donors (Lipinski definition) is 0. The average molecular weight is 460 g/mol. The molecule has 0 amide bonds. The van der Waals surface area contributed by atoms with Crippen molar-refractivity contribution >= 4 is 34.4 Å². The Labute approximate surface area is 170 Å². The van der Waals surface area contributed by atoms with Crippen molar-refractivity contribution in [3.8, 4) is 0 Å². The van der Waals surface area contributed by atoms with E-state index < -0.39 is 0 Å². The summed E-state index contributed by atoms with van der Waals surface area (Å²) in [5.74, 6) is 0. The molecular formula is C21H21IN2S. The fraction of sp³-hybridized carbons (Fsp3) is 0.190. The predicted molar refractivity (Wildman–Crippen MR) is 103 cm³/mol. The van der Waals surface area contributed by atoms with E-state index in [-0.39, 0.29) is 24.0 Å². The first-order valence-electron chi connectivity index (χ1n) is 8.33. The van der Waals surface area contributed by atoms with Crippen molar-refractivity contribution in [3.05, 3.63) is 70.9 Å². The lowest BCUT2D eigenvalue weighted by atomic mass is 10.1. The Hall–Kier alpha value is -1.53. The number of aromatic nitrogens is 1. The Morgan fingerprint density at radius 1 is 1.08 bits per heavy atom. The molecule has 4 rings (SSSR count). The second-order valence-electron chi connectivity index (χ2n) is 6.18. The molecule has 1 aliphatic heterocycles. The largest absolute Gasteiger partial charge is 1.00 e. The molecule has 0 unspecified atom stereocenters. The third-order valence-corrected chi connectivity index (χ3v) is 5.70. The number of para-hydroxylation sites is 1. The van der Waals surface area contributed by atoms with Crippen LogP contribution in [-0.2, 0) is 7.05 Å². The third kappa shape index (κ3) is 3.29. The second-order valence-corrected chi connectivity index (χ2v) is 7.24. The molecule has 2 aromatic carbocycles. The van der Waals surface area contributed by atoms with Gasteiger partial charge in [0.2, 0.25) is 11.2 Å². The Morgan fingerprint density at radius 3 is 2.68 bits per heavy atom. The molecule has 1 aromatic heterocycles. The summed E-state index contributed by atoms with van der Waals surface area (Å²) in [4.78, 5) is 3.73. The highest BCUT2D eigenvalue weighted by molar-refractivity contribution is 8.03. The summed E-state index contributed by atoms with van der Waals surface area (Å²) in [7, 11) is 2.15. The van der Waals surface area contributed by atoms with Crippen molar-refractivity contribution in [2.24, 2.45) is 7.05 Å². The minimum atomic E-state index is 0. The number of thioether (sulfide) groups is 1. The van der Waals surface area contributed by atoms with Crippen LogP contribution in [0.15, 0.2) is 64.5 Å². The predicted octanol–water partition coefficient (Wildman–Crippen LogP) is 1.91. The lowest BCUT2D eigenvalue weighted by Crippen LogP contribution is -3.00. The first kappa shape index (κ1) is 18.3. The molecule has 0 N–H and O–H groups in total. The molecule has 2 heterocycles. The molecule has 128 valence electrons. The number of rotatable bonds is 2. The van der Waals surface area contributed by atoms with Crippen LogP contribution in [0.2, 0.25) is 0 Å². The van der Waals surface area contributed by atoms with E-state index in [0.717, 1.165) is 6.54 Å². The molecule has 0 radical (unpaired) electrons. The molecule has 0 fully saturated rings. The maximum absolute atomic E-state index is 2.39. The summed E-state index contributed by atoms with van der Waals surface area (Å²) in [6.45, 7) is 5.33. The number of aryl methyl sites for hydroxylation is 2. The van der Waals surface area contributed by atoms with Crippen molar-refractivity contribution in [1.82, 2.24) is 0 Å². The van der Waals surface area contributed by atoms with Gasteiger partial charge in [-0.15, -0.1) is 0 Å². The zero-order chi connectivity index (χ0) is 16.7. The van der Waals surface area contributed by atoms with Crippen LogP contribution in [0.1, 0.15) is 18.2 Å². The van der Waals surface area contributed by atoms with E-state index in [2.05, 4.69) is 91.0 Å². The highest BCUT2D eigenvalue weighted by Gasteiger charge is 2.24. The highest BCUT2D eigenvalue weighted by Crippen LogP contribution is 2.46. The van der Waals surface area contributed by atoms with Crippen LogP contribution in [-0.4, -0.2) is 6.54 Å². The minimum absolute atomic E-state index is 0. The van der Waals surface area contributed by atoms with E-state index in [1.165, 1.54) is 37.8 Å². The SMILES string of the molecule is CCN1/C(=C/c2ccc3cc(C)ccc3[n+]2C)Sc2ccccc21.[I-]. The number of benzene rings is 2. The van der Waals surface area contributed by atoms with Gasteiger partial charge in [-0.3, -0.25) is 0 Å². The highest BCUT2D eigenvalue weighted by atomic mass is 127. The summed E-state index contributed by atoms with van der Waals surface area (Å²) in [6, 6.07) is 19.7. The lowest BCUT2D eigenvalue weighted by molar-refractivity contribution is -0.646. The van der Waals surface area contributed by atoms with Crippen molar-refractivity contribution in [1.29, 1.82) is 0 Å². The Kier molecular flexibility index (Phi) is 5.39. The minimum Gasteiger partial charge on any atom is -1.00 e. The van der Waals surface area contributed by atoms with Crippen LogP contribution >= 0.6 is 11.8 Å². The number of hydrogen-bond acceptors (Lipinski definition) is 2. The van der Waals surface area contributed by atoms with E-state index in [4.69, 9.17) is 0 Å². The standard InChI is InChI=1S/C21H21N2S.HI/c1-4-23-19-7-5-6-8-20(19)24-21(23)14-17-11-10-16-13-15(2)9-12-18(16)22(17)3;/h5-14H,4H2,1-3H3;1H/q+1;/p-1. The Balaban J connectivity index is 0.00000182. The van der Waals surface area contributed by atoms with Gasteiger partial charge in [0, 0.05) is 35.0 Å². The summed E-state index contributed by atoms with van der Waals surface area (Å²) in [5, 5.41) is 2.58. The zero-order valence-corrected chi connectivity index (χ0v) is 17.6. The Bertz CT molecular complexity index is 965. The first-order chi connectivity index (χ1) is 11.7. The summed E-state index contributed by atoms with van der Waals surface area (Å²) >= 11 is 1.85. The van der Waals surface area contributed by atoms with Crippen molar-refractivity contribution in [2.75, 3.05) is 11.4 Å². The average Bonchev–Trinajstić information content (AvgIpc) is 2.94. The molecule has 0 aliphatic carbocycles. The van der Waals surface area contributed by atoms with E-state index >= 15 is 0 Å². The molecule has 1 aliphatic rings. The smallest absolute Gasteiger partial charge is 0.212 e. The molecule has 0 saturated carbocycles. The van der Waals surface area contributed by atoms with Gasteiger partial charge in [-0.05, 0) is 38.1 Å². The molecule has 3 aromatic rings. The van der Waals surface area contributed by atoms with Gasteiger partial charge in [-0.25, -0.2) is 0 Å². The molecular weight excluding hydrogens is 439 g/mol. The van der Waals surface area contributed by atoms with Crippen molar-refractivity contribution < 1.29 is 28.5 Å². The Morgan fingerprint density at radius 2 is 1.88 bits per heavy atom. The van der Waals surface area contributed by atoms with Crippen LogP contribution in [0, 0.1) is 6.92 Å². The molecule has 0 bridgehead atoms. The topological polar surface area (TPSA) is 7.12 Å². The van der Waals surface area contributed by atoms with E-state index in [1.807, 2.05) is 11.8 Å². The second kappa shape index (κ2) is 7.38. The zero-order valence-electron chi connectivity index (χ0n) is 14.7. The van der Waals surface area contributed by atoms with E-state index in [0.29, 0.717) is 0 Å². The van der Waals surface area contributed by atoms with Gasteiger partial charge < -0.3 is 28.9 Å². The van der Waals surface area contributed by atoms with Crippen molar-refractivity contribution in [2.45, 2.75) is 18.7 Å². The van der Waals surface area contributed by atoms with Crippen LogP contribution in [0.3, 0.4) is 0 Å². The van der Waals surface area contributed by atoms with Gasteiger partial charge in [0.1, 0.15) is 7.05 Å². The third-order valence-electron chi connectivity index (χ3n) is 4.59. The van der Waals surface area contributed by atoms with Gasteiger partial charge in [-0.2, -0.15) is 4.57 Å². The maximum atomic E-state index is 2.39. The maximum Gasteiger partial charge on any atom is 0.212 e. The summed E-state index contributed by atoms with van der Waals surface area (Å²) < 4.78 is 2.28. The number of pyridine rings is 1. The monoisotopic (exact) mass is 460 g/mol. The molecule has 4 heteroatoms. The van der Waals surface area contributed by atoms with Crippen LogP contribution in [0.4, 0.5) is 5.69 Å². The number of anilines is 1. The summed E-state index contributed by atoms with van der Waals surface area (Å²) in [5.41, 5.74) is 5.10. The molecule has 2 nitrogen and oxygen atoms in total. The van der Waals surface area contributed by atoms with Gasteiger partial charge >= 0.3 is 0 Å².